The van der Waals surface area contributed by atoms with Gasteiger partial charge in [0.25, 0.3) is 0 Å². The van der Waals surface area contributed by atoms with Gasteiger partial charge in [0.05, 0.1) is 32.9 Å². The summed E-state index contributed by atoms with van der Waals surface area (Å²) >= 11 is 0. The van der Waals surface area contributed by atoms with E-state index in [-0.39, 0.29) is 137 Å². The maximum absolute atomic E-state index is 9.36. The van der Waals surface area contributed by atoms with Gasteiger partial charge < -0.3 is 13.3 Å². The molecule has 3 heterocycles. The van der Waals surface area contributed by atoms with Crippen LogP contribution < -0.4 is 0 Å². The number of fused-ring (bicyclic) bond motifs is 20. The minimum Gasteiger partial charge on any atom is -0.456 e. The number of hydrogen-bond donors (Lipinski definition) is 0. The summed E-state index contributed by atoms with van der Waals surface area (Å²) in [4.78, 5) is 0. The molecule has 0 saturated heterocycles. The summed E-state index contributed by atoms with van der Waals surface area (Å²) in [6, 6.07) is 74.8. The van der Waals surface area contributed by atoms with E-state index in [0.717, 1.165) is 75.4 Å². The number of furan rings is 3. The Bertz CT molecular complexity index is 9620. The summed E-state index contributed by atoms with van der Waals surface area (Å²) in [5, 5.41) is 14.3. The van der Waals surface area contributed by atoms with Gasteiger partial charge in [-0.05, 0) is 241 Å². The monoisotopic (exact) mass is 1480 g/mol. The van der Waals surface area contributed by atoms with Crippen LogP contribution in [0.1, 0.15) is 32.9 Å². The summed E-state index contributed by atoms with van der Waals surface area (Å²) in [6.07, 6.45) is 0. The van der Waals surface area contributed by atoms with Crippen LogP contribution in [0.2, 0.25) is 0 Å². The SMILES string of the molecule is [2H]c1c([2H])c([2H])c2c(-c3cc4ccccc4c4ccccc34)c3c([2H])c([2H])c([2H])c([2H])c3c(-c3ccc4oc5ccccc5c4c3)c2c1[2H].[2H]c1c([2H])c([2H])c2c(-c3ccc4oc5ccccc5c4c3)c3c([2H])c([2H])c([2H])c([2H])c3c(-c3ccc4ccccc4c3)c2c1[2H].[2H]c1c([2H])c([2H])c2c(-c3cccc4ccccc34)c3c([2H])c([2H])c([2H])c([2H])c3c(-c3ccc4oc5ccccc5c4c3)c2c1[2H]. The Kier molecular flexibility index (Phi) is 10.7. The highest BCUT2D eigenvalue weighted by atomic mass is 16.3. The van der Waals surface area contributed by atoms with Gasteiger partial charge >= 0.3 is 0 Å². The van der Waals surface area contributed by atoms with Crippen LogP contribution in [0.4, 0.5) is 0 Å². The van der Waals surface area contributed by atoms with Crippen LogP contribution in [0.3, 0.4) is 0 Å². The lowest BCUT2D eigenvalue weighted by Crippen LogP contribution is -1.92. The van der Waals surface area contributed by atoms with E-state index in [4.69, 9.17) is 35.2 Å². The molecule has 25 aromatic rings. The normalized spacial score (nSPS) is 14.7. The lowest BCUT2D eigenvalue weighted by atomic mass is 9.83. The molecule has 0 unspecified atom stereocenters. The molecule has 0 amide bonds. The van der Waals surface area contributed by atoms with Crippen molar-refractivity contribution in [2.75, 3.05) is 0 Å². The van der Waals surface area contributed by atoms with Crippen molar-refractivity contribution in [3.8, 4) is 66.8 Å². The van der Waals surface area contributed by atoms with E-state index in [2.05, 4.69) is 0 Å². The van der Waals surface area contributed by atoms with E-state index < -0.39 is 72.5 Å². The molecule has 0 N–H and O–H groups in total. The number of hydrogen-bond acceptors (Lipinski definition) is 3. The predicted molar refractivity (Wildman–Crippen MR) is 489 cm³/mol. The number of rotatable bonds is 6. The minimum absolute atomic E-state index is 0.183. The van der Waals surface area contributed by atoms with Crippen LogP contribution >= 0.6 is 0 Å². The Hall–Kier alpha value is -15.2. The van der Waals surface area contributed by atoms with Gasteiger partial charge in [0.2, 0.25) is 0 Å². The first kappa shape index (κ1) is 45.9. The van der Waals surface area contributed by atoms with Crippen LogP contribution in [0.15, 0.2) is 425 Å². The second-order valence-corrected chi connectivity index (χ2v) is 28.5. The van der Waals surface area contributed by atoms with Gasteiger partial charge in [-0.1, -0.05) is 345 Å². The van der Waals surface area contributed by atoms with Gasteiger partial charge in [-0.3, -0.25) is 0 Å². The highest BCUT2D eigenvalue weighted by Crippen LogP contribution is 2.51. The van der Waals surface area contributed by atoms with Crippen molar-refractivity contribution in [3.05, 3.63) is 412 Å². The maximum Gasteiger partial charge on any atom is 0.135 e. The predicted octanol–water partition coefficient (Wildman–Crippen LogP) is 32.3. The lowest BCUT2D eigenvalue weighted by molar-refractivity contribution is 0.668. The average Bonchev–Trinajstić information content (AvgIpc) is 1.60. The van der Waals surface area contributed by atoms with E-state index >= 15 is 0 Å². The molecule has 0 radical (unpaired) electrons. The zero-order chi connectivity index (χ0) is 96.5. The Morgan fingerprint density at radius 2 is 0.426 bits per heavy atom. The second-order valence-electron chi connectivity index (χ2n) is 28.5. The van der Waals surface area contributed by atoms with Crippen LogP contribution in [0, 0.1) is 0 Å². The fraction of sp³-hybridized carbons (Fsp3) is 0. The summed E-state index contributed by atoms with van der Waals surface area (Å²) in [6.45, 7) is 0. The van der Waals surface area contributed by atoms with Crippen LogP contribution in [0.5, 0.6) is 0 Å². The summed E-state index contributed by atoms with van der Waals surface area (Å²) in [5.74, 6) is 0. The smallest absolute Gasteiger partial charge is 0.135 e. The fourth-order valence-corrected chi connectivity index (χ4v) is 17.3. The molecule has 534 valence electrons. The van der Waals surface area contributed by atoms with E-state index in [9.17, 15) is 11.0 Å². The van der Waals surface area contributed by atoms with E-state index in [1.807, 2.05) is 231 Å². The molecule has 0 aliphatic heterocycles. The molecular formula is C112H68O3. The first-order valence-corrected chi connectivity index (χ1v) is 37.5. The molecule has 0 fully saturated rings. The minimum atomic E-state index is -0.428. The Morgan fingerprint density at radius 1 is 0.148 bits per heavy atom. The number of para-hydroxylation sites is 3. The highest BCUT2D eigenvalue weighted by molar-refractivity contribution is 6.29. The Balaban J connectivity index is 0.000000117. The quantitative estimate of drug-likeness (QED) is 0.123. The largest absolute Gasteiger partial charge is 0.456 e. The van der Waals surface area contributed by atoms with E-state index in [1.165, 1.54) is 0 Å². The van der Waals surface area contributed by atoms with Crippen LogP contribution in [-0.4, -0.2) is 0 Å². The fourth-order valence-electron chi connectivity index (χ4n) is 17.3. The molecule has 3 nitrogen and oxygen atoms in total. The molecule has 0 atom stereocenters. The van der Waals surface area contributed by atoms with Crippen LogP contribution in [0.25, 0.3) is 240 Å². The van der Waals surface area contributed by atoms with Crippen molar-refractivity contribution < 1.29 is 46.1 Å². The molecule has 0 bridgehead atoms. The lowest BCUT2D eigenvalue weighted by Gasteiger charge is -2.19. The molecule has 0 aliphatic carbocycles. The molecule has 0 aliphatic rings. The Morgan fingerprint density at radius 3 is 0.835 bits per heavy atom. The molecular weight excluding hydrogens is 1390 g/mol. The zero-order valence-corrected chi connectivity index (χ0v) is 60.6. The number of benzene rings is 22. The molecule has 115 heavy (non-hydrogen) atoms. The first-order valence-electron chi connectivity index (χ1n) is 49.5. The van der Waals surface area contributed by atoms with Crippen molar-refractivity contribution in [2.45, 2.75) is 0 Å². The summed E-state index contributed by atoms with van der Waals surface area (Å²) in [5.41, 5.74) is 9.35. The third-order valence-electron chi connectivity index (χ3n) is 22.3. The molecule has 3 heteroatoms. The summed E-state index contributed by atoms with van der Waals surface area (Å²) in [7, 11) is 0. The standard InChI is InChI=1S/C40H24O.2C36H22O/c1-2-12-27-25(11-1)23-36(29-14-4-3-13-28(27)29)40-33-18-7-5-16-31(33)39(32-17-6-8-19-34(32)40)26-21-22-38-35(24-26)30-15-9-10-20-37(30)41-38;1-2-12-25-23(10-1)11-9-18-27(25)36-30-16-5-3-14-28(30)35(29-15-4-6-17-31(29)36)24-20-21-34-32(22-24)26-13-7-8-19-33(26)37-34;1-2-10-24-21-25(18-17-23(24)9-1)35-28-12-3-5-14-30(28)36(31-15-6-4-13-29(31)35)26-19-20-34-32(22-26)27-11-7-8-16-33(27)37-34/h1-24H;2*1-22H/i5D,6D,7D,8D,16D,17D,18D,19D;3D,4D,5D,6D,14D,15D,16D,17D;3D,4D,5D,6D,12D,13D,14D,15D. The third kappa shape index (κ3) is 10.7. The highest BCUT2D eigenvalue weighted by Gasteiger charge is 2.24. The van der Waals surface area contributed by atoms with E-state index in [1.54, 1.807) is 36.4 Å². The van der Waals surface area contributed by atoms with Crippen LogP contribution in [-0.2, 0) is 0 Å². The Labute approximate surface area is 695 Å². The molecule has 0 spiro atoms. The average molecular weight is 1490 g/mol. The van der Waals surface area contributed by atoms with Crippen molar-refractivity contribution in [3.63, 3.8) is 0 Å². The third-order valence-corrected chi connectivity index (χ3v) is 22.3. The second kappa shape index (κ2) is 26.8. The molecule has 25 rings (SSSR count). The van der Waals surface area contributed by atoms with Gasteiger partial charge in [0, 0.05) is 32.3 Å². The van der Waals surface area contributed by atoms with Crippen molar-refractivity contribution in [2.24, 2.45) is 0 Å². The molecule has 0 saturated carbocycles. The summed E-state index contributed by atoms with van der Waals surface area (Å²) < 4.78 is 233. The van der Waals surface area contributed by atoms with Gasteiger partial charge in [0.15, 0.2) is 0 Å². The first-order chi connectivity index (χ1) is 67.0. The van der Waals surface area contributed by atoms with Gasteiger partial charge in [-0.15, -0.1) is 0 Å². The van der Waals surface area contributed by atoms with Gasteiger partial charge in [-0.2, -0.15) is 0 Å². The van der Waals surface area contributed by atoms with Gasteiger partial charge in [-0.25, -0.2) is 0 Å². The van der Waals surface area contributed by atoms with E-state index in [0.29, 0.717) is 100 Å². The molecule has 3 aromatic heterocycles. The van der Waals surface area contributed by atoms with Crippen molar-refractivity contribution in [1.29, 1.82) is 0 Å². The van der Waals surface area contributed by atoms with Crippen molar-refractivity contribution in [1.82, 2.24) is 0 Å². The topological polar surface area (TPSA) is 39.4 Å². The van der Waals surface area contributed by atoms with Gasteiger partial charge in [0.1, 0.15) is 33.5 Å². The molecule has 22 aromatic carbocycles. The maximum atomic E-state index is 9.36. The van der Waals surface area contributed by atoms with Crippen molar-refractivity contribution >= 4 is 174 Å². The zero-order valence-electron chi connectivity index (χ0n) is 84.6.